The van der Waals surface area contributed by atoms with Crippen LogP contribution in [0.15, 0.2) is 18.2 Å². The smallest absolute Gasteiger partial charge is 0.338 e. The minimum atomic E-state index is -1.72. The number of hydrogen-bond acceptors (Lipinski definition) is 5. The number of carbonyl (C=O) groups is 2. The molecule has 0 saturated heterocycles. The van der Waals surface area contributed by atoms with Gasteiger partial charge in [0.2, 0.25) is 0 Å². The maximum absolute atomic E-state index is 13.8. The van der Waals surface area contributed by atoms with Crippen LogP contribution in [-0.4, -0.2) is 40.5 Å². The zero-order valence-electron chi connectivity index (χ0n) is 10.0. The Morgan fingerprint density at radius 2 is 2.00 bits per heavy atom. The molecule has 0 aliphatic carbocycles. The number of methoxy groups -OCH3 is 1. The maximum Gasteiger partial charge on any atom is 0.338 e. The van der Waals surface area contributed by atoms with Crippen LogP contribution in [0.5, 0.6) is 0 Å². The van der Waals surface area contributed by atoms with Gasteiger partial charge in [-0.15, -0.1) is 0 Å². The summed E-state index contributed by atoms with van der Waals surface area (Å²) in [5, 5.41) is 28.0. The van der Waals surface area contributed by atoms with Crippen LogP contribution in [0.4, 0.5) is 4.39 Å². The van der Waals surface area contributed by atoms with E-state index in [1.54, 1.807) is 0 Å². The highest BCUT2D eigenvalue weighted by molar-refractivity contribution is 5.88. The number of benzene rings is 1. The van der Waals surface area contributed by atoms with Gasteiger partial charge in [-0.25, -0.2) is 9.18 Å². The van der Waals surface area contributed by atoms with Gasteiger partial charge >= 0.3 is 11.9 Å². The Kier molecular flexibility index (Phi) is 4.96. The molecule has 19 heavy (non-hydrogen) atoms. The molecule has 0 amide bonds. The molecule has 2 unspecified atom stereocenters. The van der Waals surface area contributed by atoms with E-state index in [4.69, 9.17) is 5.11 Å². The fraction of sp³-hybridized carbons (Fsp3) is 0.333. The molecule has 7 heteroatoms. The molecule has 0 radical (unpaired) electrons. The quantitative estimate of drug-likeness (QED) is 0.673. The van der Waals surface area contributed by atoms with E-state index in [2.05, 4.69) is 4.74 Å². The van der Waals surface area contributed by atoms with Crippen LogP contribution in [0.3, 0.4) is 0 Å². The number of aliphatic hydroxyl groups is 2. The lowest BCUT2D eigenvalue weighted by atomic mass is 9.99. The number of esters is 1. The molecule has 0 spiro atoms. The summed E-state index contributed by atoms with van der Waals surface area (Å²) in [4.78, 5) is 21.7. The number of carbonyl (C=O) groups excluding carboxylic acids is 1. The molecule has 1 aromatic rings. The zero-order valence-corrected chi connectivity index (χ0v) is 10.0. The van der Waals surface area contributed by atoms with Crippen molar-refractivity contribution in [2.45, 2.75) is 18.6 Å². The summed E-state index contributed by atoms with van der Waals surface area (Å²) in [6, 6.07) is 3.39. The molecule has 0 aliphatic heterocycles. The fourth-order valence-corrected chi connectivity index (χ4v) is 1.52. The van der Waals surface area contributed by atoms with Crippen molar-refractivity contribution in [1.29, 1.82) is 0 Å². The van der Waals surface area contributed by atoms with Crippen molar-refractivity contribution >= 4 is 11.9 Å². The van der Waals surface area contributed by atoms with Gasteiger partial charge in [0.25, 0.3) is 0 Å². The molecule has 6 nitrogen and oxygen atoms in total. The van der Waals surface area contributed by atoms with Crippen molar-refractivity contribution in [3.63, 3.8) is 0 Å². The average molecular weight is 272 g/mol. The highest BCUT2D eigenvalue weighted by Crippen LogP contribution is 2.24. The van der Waals surface area contributed by atoms with E-state index < -0.39 is 47.5 Å². The van der Waals surface area contributed by atoms with Crippen LogP contribution in [0.2, 0.25) is 0 Å². The van der Waals surface area contributed by atoms with Crippen LogP contribution >= 0.6 is 0 Å². The number of aromatic carboxylic acids is 1. The summed E-state index contributed by atoms with van der Waals surface area (Å²) in [5.74, 6) is -3.42. The number of rotatable bonds is 5. The molecule has 0 aliphatic rings. The second-order valence-corrected chi connectivity index (χ2v) is 3.81. The standard InChI is InChI=1S/C12H13FO6/c1-19-9(15)5-8(14)11(16)6-3-2-4-7(10(6)13)12(17)18/h2-4,8,11,14,16H,5H2,1H3,(H,17,18). The minimum Gasteiger partial charge on any atom is -0.478 e. The van der Waals surface area contributed by atoms with E-state index in [9.17, 15) is 24.2 Å². The summed E-state index contributed by atoms with van der Waals surface area (Å²) in [6.45, 7) is 0. The van der Waals surface area contributed by atoms with Crippen molar-refractivity contribution in [2.24, 2.45) is 0 Å². The Hall–Kier alpha value is -1.99. The molecule has 3 N–H and O–H groups in total. The lowest BCUT2D eigenvalue weighted by molar-refractivity contribution is -0.144. The van der Waals surface area contributed by atoms with E-state index in [-0.39, 0.29) is 0 Å². The highest BCUT2D eigenvalue weighted by Gasteiger charge is 2.26. The molecule has 1 rings (SSSR count). The van der Waals surface area contributed by atoms with Gasteiger partial charge < -0.3 is 20.1 Å². The van der Waals surface area contributed by atoms with Crippen LogP contribution < -0.4 is 0 Å². The number of halogens is 1. The third-order valence-corrected chi connectivity index (χ3v) is 2.55. The van der Waals surface area contributed by atoms with Crippen molar-refractivity contribution < 1.29 is 34.0 Å². The largest absolute Gasteiger partial charge is 0.478 e. The molecule has 0 saturated carbocycles. The summed E-state index contributed by atoms with van der Waals surface area (Å²) < 4.78 is 18.1. The average Bonchev–Trinajstić information content (AvgIpc) is 2.37. The molecule has 0 heterocycles. The Bertz CT molecular complexity index is 487. The molecule has 0 bridgehead atoms. The van der Waals surface area contributed by atoms with Crippen LogP contribution in [0.25, 0.3) is 0 Å². The maximum atomic E-state index is 13.8. The number of carboxylic acid groups (broad SMARTS) is 1. The molecule has 2 atom stereocenters. The van der Waals surface area contributed by atoms with Gasteiger partial charge in [0.1, 0.15) is 11.9 Å². The van der Waals surface area contributed by atoms with E-state index in [1.165, 1.54) is 6.07 Å². The zero-order chi connectivity index (χ0) is 14.6. The molecule has 0 fully saturated rings. The van der Waals surface area contributed by atoms with Gasteiger partial charge in [0, 0.05) is 5.56 Å². The number of ether oxygens (including phenoxy) is 1. The Morgan fingerprint density at radius 1 is 1.37 bits per heavy atom. The van der Waals surface area contributed by atoms with Gasteiger partial charge in [-0.1, -0.05) is 12.1 Å². The van der Waals surface area contributed by atoms with Gasteiger partial charge in [0.15, 0.2) is 0 Å². The SMILES string of the molecule is COC(=O)CC(O)C(O)c1cccc(C(=O)O)c1F. The van der Waals surface area contributed by atoms with E-state index >= 15 is 0 Å². The molecule has 0 aromatic heterocycles. The first-order valence-corrected chi connectivity index (χ1v) is 5.33. The van der Waals surface area contributed by atoms with Crippen molar-refractivity contribution in [3.8, 4) is 0 Å². The van der Waals surface area contributed by atoms with Gasteiger partial charge in [-0.2, -0.15) is 0 Å². The summed E-state index contributed by atoms with van der Waals surface area (Å²) in [6.07, 6.45) is -3.85. The lowest BCUT2D eigenvalue weighted by Gasteiger charge is -2.18. The Morgan fingerprint density at radius 3 is 2.53 bits per heavy atom. The number of carboxylic acids is 1. The second kappa shape index (κ2) is 6.26. The lowest BCUT2D eigenvalue weighted by Crippen LogP contribution is -2.24. The fourth-order valence-electron chi connectivity index (χ4n) is 1.52. The number of hydrogen-bond donors (Lipinski definition) is 3. The first-order valence-electron chi connectivity index (χ1n) is 5.33. The molecular weight excluding hydrogens is 259 g/mol. The Labute approximate surface area is 108 Å². The van der Waals surface area contributed by atoms with Crippen molar-refractivity contribution in [2.75, 3.05) is 7.11 Å². The number of aliphatic hydroxyl groups excluding tert-OH is 2. The first kappa shape index (κ1) is 15.1. The predicted octanol–water partition coefficient (Wildman–Crippen LogP) is 0.481. The Balaban J connectivity index is 2.99. The molecule has 1 aromatic carbocycles. The third kappa shape index (κ3) is 3.49. The van der Waals surface area contributed by atoms with Crippen LogP contribution in [0, 0.1) is 5.82 Å². The monoisotopic (exact) mass is 272 g/mol. The minimum absolute atomic E-state index is 0.392. The van der Waals surface area contributed by atoms with Crippen LogP contribution in [-0.2, 0) is 9.53 Å². The molecular formula is C12H13FO6. The van der Waals surface area contributed by atoms with E-state index in [1.807, 2.05) is 0 Å². The van der Waals surface area contributed by atoms with Crippen molar-refractivity contribution in [1.82, 2.24) is 0 Å². The van der Waals surface area contributed by atoms with Gasteiger partial charge in [-0.3, -0.25) is 4.79 Å². The summed E-state index contributed by atoms with van der Waals surface area (Å²) in [5.41, 5.74) is -1.02. The highest BCUT2D eigenvalue weighted by atomic mass is 19.1. The second-order valence-electron chi connectivity index (χ2n) is 3.81. The molecule has 104 valence electrons. The van der Waals surface area contributed by atoms with Crippen LogP contribution in [0.1, 0.15) is 28.4 Å². The third-order valence-electron chi connectivity index (χ3n) is 2.55. The summed E-state index contributed by atoms with van der Waals surface area (Å²) in [7, 11) is 1.10. The van der Waals surface area contributed by atoms with Gasteiger partial charge in [0.05, 0.1) is 25.2 Å². The van der Waals surface area contributed by atoms with Gasteiger partial charge in [-0.05, 0) is 6.07 Å². The van der Waals surface area contributed by atoms with E-state index in [0.717, 1.165) is 19.2 Å². The summed E-state index contributed by atoms with van der Waals surface area (Å²) >= 11 is 0. The predicted molar refractivity (Wildman–Crippen MR) is 61.0 cm³/mol. The van der Waals surface area contributed by atoms with Crippen molar-refractivity contribution in [3.05, 3.63) is 35.1 Å². The van der Waals surface area contributed by atoms with E-state index in [0.29, 0.717) is 0 Å². The normalized spacial score (nSPS) is 13.7. The first-order chi connectivity index (χ1) is 8.88. The topological polar surface area (TPSA) is 104 Å².